The standard InChI is InChI=1S/C17H22N2O5S/c1-18-12-5-7-14(8-6-12)25(20,21)19-11-15-16(23-3)9-13(22-2)10-17(15)24-4/h5-10,18-19H,11H2,1-4H3. The monoisotopic (exact) mass is 366 g/mol. The van der Waals surface area contributed by atoms with Crippen LogP contribution in [0.5, 0.6) is 17.2 Å². The molecule has 2 N–H and O–H groups in total. The van der Waals surface area contributed by atoms with E-state index < -0.39 is 10.0 Å². The average Bonchev–Trinajstić information content (AvgIpc) is 2.65. The molecule has 0 amide bonds. The Hall–Kier alpha value is -2.45. The summed E-state index contributed by atoms with van der Waals surface area (Å²) in [5, 5.41) is 2.94. The molecule has 0 aliphatic rings. The van der Waals surface area contributed by atoms with E-state index in [4.69, 9.17) is 14.2 Å². The van der Waals surface area contributed by atoms with Crippen LogP contribution in [0.4, 0.5) is 5.69 Å². The highest BCUT2D eigenvalue weighted by molar-refractivity contribution is 7.89. The van der Waals surface area contributed by atoms with Gasteiger partial charge in [-0.3, -0.25) is 0 Å². The van der Waals surface area contributed by atoms with Gasteiger partial charge in [0.25, 0.3) is 0 Å². The van der Waals surface area contributed by atoms with Crippen molar-refractivity contribution >= 4 is 15.7 Å². The molecule has 2 aromatic carbocycles. The third-order valence-electron chi connectivity index (χ3n) is 3.71. The van der Waals surface area contributed by atoms with E-state index in [0.29, 0.717) is 22.8 Å². The third-order valence-corrected chi connectivity index (χ3v) is 5.13. The topological polar surface area (TPSA) is 85.9 Å². The summed E-state index contributed by atoms with van der Waals surface area (Å²) in [7, 11) is 2.64. The Morgan fingerprint density at radius 2 is 1.48 bits per heavy atom. The van der Waals surface area contributed by atoms with Crippen LogP contribution in [0, 0.1) is 0 Å². The van der Waals surface area contributed by atoms with Gasteiger partial charge in [0.2, 0.25) is 10.0 Å². The van der Waals surface area contributed by atoms with Crippen molar-refractivity contribution in [2.24, 2.45) is 0 Å². The molecule has 0 unspecified atom stereocenters. The lowest BCUT2D eigenvalue weighted by Gasteiger charge is -2.16. The molecule has 0 saturated heterocycles. The van der Waals surface area contributed by atoms with Gasteiger partial charge in [-0.05, 0) is 24.3 Å². The van der Waals surface area contributed by atoms with Crippen LogP contribution in [0.3, 0.4) is 0 Å². The summed E-state index contributed by atoms with van der Waals surface area (Å²) in [5.74, 6) is 1.51. The lowest BCUT2D eigenvalue weighted by molar-refractivity contribution is 0.368. The minimum atomic E-state index is -3.67. The number of nitrogens with one attached hydrogen (secondary N) is 2. The highest BCUT2D eigenvalue weighted by Crippen LogP contribution is 2.34. The predicted octanol–water partition coefficient (Wildman–Crippen LogP) is 2.23. The highest BCUT2D eigenvalue weighted by atomic mass is 32.2. The van der Waals surface area contributed by atoms with Gasteiger partial charge in [-0.25, -0.2) is 13.1 Å². The second-order valence-electron chi connectivity index (χ2n) is 5.11. The minimum absolute atomic E-state index is 0.0203. The Labute approximate surface area is 148 Å². The van der Waals surface area contributed by atoms with Gasteiger partial charge in [0.15, 0.2) is 0 Å². The van der Waals surface area contributed by atoms with Crippen molar-refractivity contribution in [3.63, 3.8) is 0 Å². The zero-order valence-electron chi connectivity index (χ0n) is 14.6. The van der Waals surface area contributed by atoms with E-state index in [2.05, 4.69) is 10.0 Å². The molecule has 0 atom stereocenters. The molecule has 2 rings (SSSR count). The van der Waals surface area contributed by atoms with E-state index in [0.717, 1.165) is 5.69 Å². The molecular weight excluding hydrogens is 344 g/mol. The molecule has 0 fully saturated rings. The van der Waals surface area contributed by atoms with Crippen LogP contribution in [-0.4, -0.2) is 36.8 Å². The van der Waals surface area contributed by atoms with Gasteiger partial charge < -0.3 is 19.5 Å². The Kier molecular flexibility index (Phi) is 6.11. The predicted molar refractivity (Wildman–Crippen MR) is 96.1 cm³/mol. The van der Waals surface area contributed by atoms with E-state index in [1.54, 1.807) is 31.3 Å². The maximum Gasteiger partial charge on any atom is 0.240 e. The minimum Gasteiger partial charge on any atom is -0.496 e. The van der Waals surface area contributed by atoms with E-state index in [1.807, 2.05) is 0 Å². The summed E-state index contributed by atoms with van der Waals surface area (Å²) in [6.45, 7) is 0.0203. The fourth-order valence-electron chi connectivity index (χ4n) is 2.30. The van der Waals surface area contributed by atoms with E-state index in [9.17, 15) is 8.42 Å². The number of methoxy groups -OCH3 is 3. The molecule has 0 spiro atoms. The highest BCUT2D eigenvalue weighted by Gasteiger charge is 2.18. The number of ether oxygens (including phenoxy) is 3. The summed E-state index contributed by atoms with van der Waals surface area (Å²) in [6.07, 6.45) is 0. The van der Waals surface area contributed by atoms with Crippen LogP contribution in [0.15, 0.2) is 41.3 Å². The molecule has 0 aromatic heterocycles. The van der Waals surface area contributed by atoms with Crippen LogP contribution < -0.4 is 24.2 Å². The number of hydrogen-bond acceptors (Lipinski definition) is 6. The largest absolute Gasteiger partial charge is 0.496 e. The first kappa shape index (κ1) is 18.9. The van der Waals surface area contributed by atoms with Crippen LogP contribution in [0.2, 0.25) is 0 Å². The molecular formula is C17H22N2O5S. The zero-order chi connectivity index (χ0) is 18.4. The number of sulfonamides is 1. The molecule has 2 aromatic rings. The normalized spacial score (nSPS) is 11.0. The number of rotatable bonds is 8. The van der Waals surface area contributed by atoms with Gasteiger partial charge >= 0.3 is 0 Å². The Morgan fingerprint density at radius 3 is 1.92 bits per heavy atom. The first-order chi connectivity index (χ1) is 11.9. The molecule has 0 saturated carbocycles. The van der Waals surface area contributed by atoms with Crippen molar-refractivity contribution in [3.8, 4) is 17.2 Å². The first-order valence-electron chi connectivity index (χ1n) is 7.51. The summed E-state index contributed by atoms with van der Waals surface area (Å²) < 4.78 is 43.4. The lowest BCUT2D eigenvalue weighted by Crippen LogP contribution is -2.23. The summed E-state index contributed by atoms with van der Waals surface area (Å²) in [6, 6.07) is 9.82. The van der Waals surface area contributed by atoms with Crippen molar-refractivity contribution < 1.29 is 22.6 Å². The van der Waals surface area contributed by atoms with E-state index >= 15 is 0 Å². The first-order valence-corrected chi connectivity index (χ1v) is 9.00. The van der Waals surface area contributed by atoms with Crippen molar-refractivity contribution in [2.45, 2.75) is 11.4 Å². The van der Waals surface area contributed by atoms with Gasteiger partial charge in [0, 0.05) is 31.4 Å². The van der Waals surface area contributed by atoms with Crippen LogP contribution in [0.1, 0.15) is 5.56 Å². The average molecular weight is 366 g/mol. The summed E-state index contributed by atoms with van der Waals surface area (Å²) in [4.78, 5) is 0.179. The lowest BCUT2D eigenvalue weighted by atomic mass is 10.1. The fourth-order valence-corrected chi connectivity index (χ4v) is 3.30. The number of hydrogen-bond donors (Lipinski definition) is 2. The molecule has 136 valence electrons. The van der Waals surface area contributed by atoms with Crippen LogP contribution in [-0.2, 0) is 16.6 Å². The number of benzene rings is 2. The fraction of sp³-hybridized carbons (Fsp3) is 0.294. The SMILES string of the molecule is CNc1ccc(S(=O)(=O)NCc2c(OC)cc(OC)cc2OC)cc1. The van der Waals surface area contributed by atoms with E-state index in [-0.39, 0.29) is 11.4 Å². The van der Waals surface area contributed by atoms with Crippen molar-refractivity contribution in [2.75, 3.05) is 33.7 Å². The van der Waals surface area contributed by atoms with Crippen molar-refractivity contribution in [1.82, 2.24) is 4.72 Å². The third kappa shape index (κ3) is 4.34. The Bertz CT molecular complexity index is 794. The maximum absolute atomic E-state index is 12.5. The molecule has 0 aliphatic carbocycles. The second-order valence-corrected chi connectivity index (χ2v) is 6.88. The molecule has 0 bridgehead atoms. The van der Waals surface area contributed by atoms with Gasteiger partial charge in [0.05, 0.1) is 31.8 Å². The van der Waals surface area contributed by atoms with Crippen LogP contribution >= 0.6 is 0 Å². The summed E-state index contributed by atoms with van der Waals surface area (Å²) in [5.41, 5.74) is 1.42. The Morgan fingerprint density at radius 1 is 0.920 bits per heavy atom. The zero-order valence-corrected chi connectivity index (χ0v) is 15.4. The molecule has 0 radical (unpaired) electrons. The molecule has 0 heterocycles. The van der Waals surface area contributed by atoms with Gasteiger partial charge in [-0.2, -0.15) is 0 Å². The maximum atomic E-state index is 12.5. The van der Waals surface area contributed by atoms with E-state index in [1.165, 1.54) is 33.5 Å². The molecule has 0 aliphatic heterocycles. The van der Waals surface area contributed by atoms with Gasteiger partial charge in [-0.15, -0.1) is 0 Å². The molecule has 25 heavy (non-hydrogen) atoms. The molecule has 8 heteroatoms. The van der Waals surface area contributed by atoms with Crippen molar-refractivity contribution in [1.29, 1.82) is 0 Å². The quantitative estimate of drug-likeness (QED) is 0.745. The summed E-state index contributed by atoms with van der Waals surface area (Å²) >= 11 is 0. The smallest absolute Gasteiger partial charge is 0.240 e. The molecule has 7 nitrogen and oxygen atoms in total. The van der Waals surface area contributed by atoms with Crippen LogP contribution in [0.25, 0.3) is 0 Å². The van der Waals surface area contributed by atoms with Gasteiger partial charge in [-0.1, -0.05) is 0 Å². The van der Waals surface area contributed by atoms with Crippen molar-refractivity contribution in [3.05, 3.63) is 42.0 Å². The second kappa shape index (κ2) is 8.09. The Balaban J connectivity index is 2.27. The van der Waals surface area contributed by atoms with Gasteiger partial charge in [0.1, 0.15) is 17.2 Å². The number of anilines is 1.